The number of ether oxygens (including phenoxy) is 3. The standard InChI is InChI=1S/C27H29N5O6S2/c1-36-22-14-18(15-23(37-2)25(22)38-3)30-26-20-6-4-5-7-21(20)31-27(32-26)39-16-24(33)29-13-12-17-8-10-19(11-9-17)40(28,34)35/h4-11,14-15H,12-13,16H2,1-3H3,(H,29,33)(H2,28,34,35)(H,30,31,32). The highest BCUT2D eigenvalue weighted by Crippen LogP contribution is 2.41. The van der Waals surface area contributed by atoms with E-state index in [0.29, 0.717) is 46.9 Å². The molecule has 210 valence electrons. The van der Waals surface area contributed by atoms with Crippen LogP contribution in [0, 0.1) is 0 Å². The molecule has 40 heavy (non-hydrogen) atoms. The van der Waals surface area contributed by atoms with Gasteiger partial charge < -0.3 is 24.8 Å². The first-order valence-corrected chi connectivity index (χ1v) is 14.6. The number of thioether (sulfide) groups is 1. The van der Waals surface area contributed by atoms with Crippen LogP contribution in [0.1, 0.15) is 5.56 Å². The van der Waals surface area contributed by atoms with Crippen molar-refractivity contribution in [1.82, 2.24) is 15.3 Å². The first-order valence-electron chi connectivity index (χ1n) is 12.1. The quantitative estimate of drug-likeness (QED) is 0.167. The van der Waals surface area contributed by atoms with Crippen LogP contribution in [0.3, 0.4) is 0 Å². The third-order valence-electron chi connectivity index (χ3n) is 5.83. The number of carbonyl (C=O) groups excluding carboxylic acids is 1. The molecule has 11 nitrogen and oxygen atoms in total. The number of amides is 1. The van der Waals surface area contributed by atoms with Crippen LogP contribution in [0.2, 0.25) is 0 Å². The molecule has 0 saturated heterocycles. The van der Waals surface area contributed by atoms with Crippen LogP contribution in [0.5, 0.6) is 17.2 Å². The molecule has 13 heteroatoms. The Morgan fingerprint density at radius 3 is 2.25 bits per heavy atom. The zero-order valence-electron chi connectivity index (χ0n) is 22.1. The fourth-order valence-corrected chi connectivity index (χ4v) is 5.07. The Hall–Kier alpha value is -4.07. The van der Waals surface area contributed by atoms with Crippen LogP contribution in [-0.2, 0) is 21.2 Å². The summed E-state index contributed by atoms with van der Waals surface area (Å²) >= 11 is 1.22. The van der Waals surface area contributed by atoms with Gasteiger partial charge in [-0.2, -0.15) is 0 Å². The highest BCUT2D eigenvalue weighted by molar-refractivity contribution is 7.99. The third-order valence-corrected chi connectivity index (χ3v) is 7.61. The molecule has 4 rings (SSSR count). The number of sulfonamides is 1. The zero-order chi connectivity index (χ0) is 28.7. The number of benzene rings is 3. The first kappa shape index (κ1) is 28.9. The lowest BCUT2D eigenvalue weighted by Crippen LogP contribution is -2.27. The van der Waals surface area contributed by atoms with Crippen LogP contribution in [0.4, 0.5) is 11.5 Å². The summed E-state index contributed by atoms with van der Waals surface area (Å²) in [5.41, 5.74) is 2.27. The molecule has 3 aromatic carbocycles. The Labute approximate surface area is 236 Å². The second-order valence-corrected chi connectivity index (χ2v) is 11.0. The second kappa shape index (κ2) is 12.9. The number of fused-ring (bicyclic) bond motifs is 1. The van der Waals surface area contributed by atoms with Crippen molar-refractivity contribution < 1.29 is 27.4 Å². The van der Waals surface area contributed by atoms with Crippen molar-refractivity contribution >= 4 is 50.1 Å². The largest absolute Gasteiger partial charge is 0.493 e. The van der Waals surface area contributed by atoms with E-state index in [1.807, 2.05) is 24.3 Å². The first-order chi connectivity index (χ1) is 19.2. The van der Waals surface area contributed by atoms with E-state index in [1.54, 1.807) is 45.6 Å². The lowest BCUT2D eigenvalue weighted by atomic mass is 10.1. The molecule has 0 bridgehead atoms. The number of aromatic nitrogens is 2. The number of carbonyl (C=O) groups is 1. The van der Waals surface area contributed by atoms with Crippen LogP contribution in [-0.4, -0.2) is 57.9 Å². The van der Waals surface area contributed by atoms with E-state index in [2.05, 4.69) is 20.6 Å². The normalized spacial score (nSPS) is 11.2. The molecular formula is C27H29N5O6S2. The lowest BCUT2D eigenvalue weighted by Gasteiger charge is -2.16. The van der Waals surface area contributed by atoms with Gasteiger partial charge in [0.15, 0.2) is 16.7 Å². The van der Waals surface area contributed by atoms with Crippen LogP contribution in [0.25, 0.3) is 10.9 Å². The fraction of sp³-hybridized carbons (Fsp3) is 0.222. The van der Waals surface area contributed by atoms with Crippen molar-refractivity contribution in [2.45, 2.75) is 16.5 Å². The second-order valence-electron chi connectivity index (χ2n) is 8.49. The molecule has 0 aliphatic rings. The van der Waals surface area contributed by atoms with E-state index >= 15 is 0 Å². The molecule has 4 N–H and O–H groups in total. The molecule has 0 saturated carbocycles. The summed E-state index contributed by atoms with van der Waals surface area (Å²) < 4.78 is 39.1. The van der Waals surface area contributed by atoms with Crippen LogP contribution < -0.4 is 30.0 Å². The molecule has 1 aromatic heterocycles. The molecule has 1 amide bonds. The van der Waals surface area contributed by atoms with Gasteiger partial charge in [0.1, 0.15) is 5.82 Å². The van der Waals surface area contributed by atoms with E-state index in [1.165, 1.54) is 23.9 Å². The molecule has 0 fully saturated rings. The average Bonchev–Trinajstić information content (AvgIpc) is 2.95. The Morgan fingerprint density at radius 2 is 1.62 bits per heavy atom. The smallest absolute Gasteiger partial charge is 0.238 e. The zero-order valence-corrected chi connectivity index (χ0v) is 23.8. The number of para-hydroxylation sites is 1. The number of anilines is 2. The predicted octanol–water partition coefficient (Wildman–Crippen LogP) is 3.50. The number of nitrogens with zero attached hydrogens (tertiary/aromatic N) is 2. The molecule has 1 heterocycles. The summed E-state index contributed by atoms with van der Waals surface area (Å²) in [6.07, 6.45) is 0.538. The van der Waals surface area contributed by atoms with E-state index in [4.69, 9.17) is 19.3 Å². The van der Waals surface area contributed by atoms with Crippen molar-refractivity contribution in [3.63, 3.8) is 0 Å². The van der Waals surface area contributed by atoms with Crippen molar-refractivity contribution in [3.05, 3.63) is 66.2 Å². The molecule has 0 atom stereocenters. The number of rotatable bonds is 12. The minimum atomic E-state index is -3.74. The van der Waals surface area contributed by atoms with Gasteiger partial charge in [0.25, 0.3) is 0 Å². The van der Waals surface area contributed by atoms with E-state index in [-0.39, 0.29) is 16.6 Å². The topological polar surface area (TPSA) is 155 Å². The SMILES string of the molecule is COc1cc(Nc2nc(SCC(=O)NCCc3ccc(S(N)(=O)=O)cc3)nc3ccccc23)cc(OC)c1OC. The summed E-state index contributed by atoms with van der Waals surface area (Å²) in [6, 6.07) is 17.4. The minimum absolute atomic E-state index is 0.0474. The number of nitrogens with one attached hydrogen (secondary N) is 2. The average molecular weight is 584 g/mol. The maximum absolute atomic E-state index is 12.5. The maximum atomic E-state index is 12.5. The highest BCUT2D eigenvalue weighted by atomic mass is 32.2. The maximum Gasteiger partial charge on any atom is 0.238 e. The molecule has 0 radical (unpaired) electrons. The summed E-state index contributed by atoms with van der Waals surface area (Å²) in [6.45, 7) is 0.390. The molecule has 0 aliphatic carbocycles. The monoisotopic (exact) mass is 583 g/mol. The minimum Gasteiger partial charge on any atom is -0.493 e. The van der Waals surface area contributed by atoms with E-state index in [0.717, 1.165) is 16.5 Å². The predicted molar refractivity (Wildman–Crippen MR) is 154 cm³/mol. The number of methoxy groups -OCH3 is 3. The van der Waals surface area contributed by atoms with Gasteiger partial charge in [-0.1, -0.05) is 36.0 Å². The highest BCUT2D eigenvalue weighted by Gasteiger charge is 2.16. The molecule has 0 spiro atoms. The molecule has 0 aliphatic heterocycles. The van der Waals surface area contributed by atoms with Crippen LogP contribution in [0.15, 0.2) is 70.7 Å². The Kier molecular flexibility index (Phi) is 9.30. The van der Waals surface area contributed by atoms with Gasteiger partial charge in [-0.15, -0.1) is 0 Å². The van der Waals surface area contributed by atoms with Gasteiger partial charge in [0.2, 0.25) is 21.7 Å². The summed E-state index contributed by atoms with van der Waals surface area (Å²) in [7, 11) is 0.898. The number of nitrogens with two attached hydrogens (primary N) is 1. The molecular weight excluding hydrogens is 554 g/mol. The molecule has 0 unspecified atom stereocenters. The lowest BCUT2D eigenvalue weighted by molar-refractivity contribution is -0.118. The van der Waals surface area contributed by atoms with Crippen molar-refractivity contribution in [3.8, 4) is 17.2 Å². The van der Waals surface area contributed by atoms with Crippen molar-refractivity contribution in [2.75, 3.05) is 38.9 Å². The number of hydrogen-bond donors (Lipinski definition) is 3. The Bertz CT molecular complexity index is 1590. The molecule has 4 aromatic rings. The third kappa shape index (κ3) is 7.11. The fourth-order valence-electron chi connectivity index (χ4n) is 3.88. The van der Waals surface area contributed by atoms with Gasteiger partial charge in [-0.05, 0) is 36.2 Å². The number of primary sulfonamides is 1. The summed E-state index contributed by atoms with van der Waals surface area (Å²) in [5.74, 6) is 1.97. The van der Waals surface area contributed by atoms with E-state index < -0.39 is 10.0 Å². The van der Waals surface area contributed by atoms with Crippen molar-refractivity contribution in [1.29, 1.82) is 0 Å². The van der Waals surface area contributed by atoms with Gasteiger partial charge in [-0.25, -0.2) is 23.5 Å². The summed E-state index contributed by atoms with van der Waals surface area (Å²) in [5, 5.41) is 12.5. The Balaban J connectivity index is 1.43. The van der Waals surface area contributed by atoms with Gasteiger partial charge >= 0.3 is 0 Å². The van der Waals surface area contributed by atoms with E-state index in [9.17, 15) is 13.2 Å². The Morgan fingerprint density at radius 1 is 0.950 bits per heavy atom. The van der Waals surface area contributed by atoms with Gasteiger partial charge in [0, 0.05) is 29.8 Å². The number of hydrogen-bond acceptors (Lipinski definition) is 10. The van der Waals surface area contributed by atoms with Crippen molar-refractivity contribution in [2.24, 2.45) is 5.14 Å². The van der Waals surface area contributed by atoms with Gasteiger partial charge in [-0.3, -0.25) is 4.79 Å². The van der Waals surface area contributed by atoms with Gasteiger partial charge in [0.05, 0.1) is 37.5 Å². The van der Waals surface area contributed by atoms with Crippen LogP contribution >= 0.6 is 11.8 Å². The summed E-state index contributed by atoms with van der Waals surface area (Å²) in [4.78, 5) is 21.8.